The van der Waals surface area contributed by atoms with E-state index < -0.39 is 0 Å². The minimum atomic E-state index is -0.300. The number of anilines is 1. The second-order valence-electron chi connectivity index (χ2n) is 5.24. The van der Waals surface area contributed by atoms with Gasteiger partial charge < -0.3 is 10.6 Å². The van der Waals surface area contributed by atoms with Crippen LogP contribution in [0, 0.1) is 0 Å². The molecule has 1 amide bonds. The fraction of sp³-hybridized carbons (Fsp3) is 0.438. The highest BCUT2D eigenvalue weighted by molar-refractivity contribution is 5.91. The molecule has 3 heteroatoms. The zero-order valence-electron chi connectivity index (χ0n) is 11.6. The summed E-state index contributed by atoms with van der Waals surface area (Å²) in [5.41, 5.74) is 7.25. The summed E-state index contributed by atoms with van der Waals surface area (Å²) in [7, 11) is 0. The van der Waals surface area contributed by atoms with Gasteiger partial charge in [-0.05, 0) is 37.0 Å². The van der Waals surface area contributed by atoms with Gasteiger partial charge >= 0.3 is 0 Å². The molecular formula is C16H22N2O. The molecule has 0 heterocycles. The van der Waals surface area contributed by atoms with Gasteiger partial charge in [0.25, 0.3) is 0 Å². The molecule has 1 aliphatic carbocycles. The average molecular weight is 258 g/mol. The first-order chi connectivity index (χ1) is 9.14. The Hall–Kier alpha value is -1.77. The number of nitrogens with zero attached hydrogens (tertiary/aromatic N) is 1. The number of nitrogens with two attached hydrogens (primary N) is 1. The van der Waals surface area contributed by atoms with Gasteiger partial charge in [-0.15, -0.1) is 6.58 Å². The van der Waals surface area contributed by atoms with Crippen molar-refractivity contribution in [2.45, 2.75) is 31.6 Å². The molecule has 0 atom stereocenters. The van der Waals surface area contributed by atoms with Gasteiger partial charge in [0.1, 0.15) is 0 Å². The van der Waals surface area contributed by atoms with Crippen molar-refractivity contribution in [1.82, 2.24) is 4.90 Å². The standard InChI is InChI=1S/C16H22N2O/c1-3-11-18(12-4-2)15(19)16(9-10-16)13-5-7-14(17)8-6-13/h3,5-8H,1,4,9-12,17H2,2H3. The molecule has 3 nitrogen and oxygen atoms in total. The Morgan fingerprint density at radius 1 is 1.42 bits per heavy atom. The maximum Gasteiger partial charge on any atom is 0.233 e. The van der Waals surface area contributed by atoms with E-state index in [4.69, 9.17) is 5.73 Å². The largest absolute Gasteiger partial charge is 0.399 e. The van der Waals surface area contributed by atoms with Crippen molar-refractivity contribution >= 4 is 11.6 Å². The summed E-state index contributed by atoms with van der Waals surface area (Å²) in [6.45, 7) is 7.25. The number of nitrogen functional groups attached to an aromatic ring is 1. The summed E-state index contributed by atoms with van der Waals surface area (Å²) < 4.78 is 0. The molecule has 2 rings (SSSR count). The third-order valence-corrected chi connectivity index (χ3v) is 3.75. The molecule has 1 aromatic rings. The Morgan fingerprint density at radius 2 is 2.05 bits per heavy atom. The predicted molar refractivity (Wildman–Crippen MR) is 78.8 cm³/mol. The first kappa shape index (κ1) is 13.7. The van der Waals surface area contributed by atoms with Crippen molar-refractivity contribution in [2.75, 3.05) is 18.8 Å². The first-order valence-corrected chi connectivity index (χ1v) is 6.90. The van der Waals surface area contributed by atoms with Crippen LogP contribution in [0.2, 0.25) is 0 Å². The fourth-order valence-electron chi connectivity index (χ4n) is 2.56. The third-order valence-electron chi connectivity index (χ3n) is 3.75. The number of hydrogen-bond acceptors (Lipinski definition) is 2. The van der Waals surface area contributed by atoms with Gasteiger partial charge in [0.2, 0.25) is 5.91 Å². The lowest BCUT2D eigenvalue weighted by Crippen LogP contribution is -2.39. The molecular weight excluding hydrogens is 236 g/mol. The highest BCUT2D eigenvalue weighted by atomic mass is 16.2. The Bertz CT molecular complexity index is 460. The van der Waals surface area contributed by atoms with Crippen LogP contribution in [0.25, 0.3) is 0 Å². The van der Waals surface area contributed by atoms with Crippen LogP contribution in [0.15, 0.2) is 36.9 Å². The molecule has 0 radical (unpaired) electrons. The number of amides is 1. The number of hydrogen-bond donors (Lipinski definition) is 1. The van der Waals surface area contributed by atoms with Crippen LogP contribution >= 0.6 is 0 Å². The van der Waals surface area contributed by atoms with Gasteiger partial charge in [-0.3, -0.25) is 4.79 Å². The molecule has 0 spiro atoms. The van der Waals surface area contributed by atoms with Gasteiger partial charge in [0.05, 0.1) is 5.41 Å². The van der Waals surface area contributed by atoms with Crippen LogP contribution in [0.5, 0.6) is 0 Å². The topological polar surface area (TPSA) is 46.3 Å². The summed E-state index contributed by atoms with van der Waals surface area (Å²) in [5, 5.41) is 0. The van der Waals surface area contributed by atoms with Crippen LogP contribution in [0.4, 0.5) is 5.69 Å². The summed E-state index contributed by atoms with van der Waals surface area (Å²) in [4.78, 5) is 14.7. The molecule has 1 saturated carbocycles. The summed E-state index contributed by atoms with van der Waals surface area (Å²) in [6, 6.07) is 7.72. The van der Waals surface area contributed by atoms with Crippen LogP contribution in [-0.2, 0) is 10.2 Å². The van der Waals surface area contributed by atoms with Crippen molar-refractivity contribution in [1.29, 1.82) is 0 Å². The number of benzene rings is 1. The minimum Gasteiger partial charge on any atom is -0.399 e. The van der Waals surface area contributed by atoms with E-state index >= 15 is 0 Å². The fourth-order valence-corrected chi connectivity index (χ4v) is 2.56. The van der Waals surface area contributed by atoms with Crippen LogP contribution < -0.4 is 5.73 Å². The first-order valence-electron chi connectivity index (χ1n) is 6.90. The molecule has 1 aromatic carbocycles. The van der Waals surface area contributed by atoms with Crippen LogP contribution in [0.1, 0.15) is 31.7 Å². The van der Waals surface area contributed by atoms with Gasteiger partial charge in [-0.25, -0.2) is 0 Å². The monoisotopic (exact) mass is 258 g/mol. The van der Waals surface area contributed by atoms with Crippen molar-refractivity contribution in [3.63, 3.8) is 0 Å². The van der Waals surface area contributed by atoms with Crippen molar-refractivity contribution in [2.24, 2.45) is 0 Å². The average Bonchev–Trinajstić information content (AvgIpc) is 3.20. The molecule has 1 aliphatic rings. The molecule has 2 N–H and O–H groups in total. The lowest BCUT2D eigenvalue weighted by atomic mass is 9.94. The van der Waals surface area contributed by atoms with Gasteiger partial charge in [0.15, 0.2) is 0 Å². The van der Waals surface area contributed by atoms with E-state index in [1.54, 1.807) is 6.08 Å². The van der Waals surface area contributed by atoms with Gasteiger partial charge in [0, 0.05) is 18.8 Å². The lowest BCUT2D eigenvalue weighted by molar-refractivity contribution is -0.133. The van der Waals surface area contributed by atoms with Crippen molar-refractivity contribution in [3.8, 4) is 0 Å². The Kier molecular flexibility index (Phi) is 3.93. The molecule has 0 aliphatic heterocycles. The van der Waals surface area contributed by atoms with Crippen molar-refractivity contribution < 1.29 is 4.79 Å². The van der Waals surface area contributed by atoms with E-state index in [0.29, 0.717) is 6.54 Å². The van der Waals surface area contributed by atoms with Crippen molar-refractivity contribution in [3.05, 3.63) is 42.5 Å². The zero-order chi connectivity index (χ0) is 13.9. The van der Waals surface area contributed by atoms with Crippen LogP contribution in [0.3, 0.4) is 0 Å². The van der Waals surface area contributed by atoms with E-state index in [0.717, 1.165) is 37.1 Å². The van der Waals surface area contributed by atoms with E-state index in [9.17, 15) is 4.79 Å². The maximum atomic E-state index is 12.7. The Balaban J connectivity index is 2.21. The molecule has 0 unspecified atom stereocenters. The molecule has 102 valence electrons. The number of carbonyl (C=O) groups excluding carboxylic acids is 1. The highest BCUT2D eigenvalue weighted by Crippen LogP contribution is 2.49. The maximum absolute atomic E-state index is 12.7. The number of rotatable bonds is 6. The Labute approximate surface area is 115 Å². The second-order valence-corrected chi connectivity index (χ2v) is 5.24. The zero-order valence-corrected chi connectivity index (χ0v) is 11.6. The SMILES string of the molecule is C=CCN(CCC)C(=O)C1(c2ccc(N)cc2)CC1. The predicted octanol–water partition coefficient (Wildman–Crippen LogP) is 2.73. The highest BCUT2D eigenvalue weighted by Gasteiger charge is 2.52. The molecule has 1 fully saturated rings. The van der Waals surface area contributed by atoms with E-state index in [1.165, 1.54) is 0 Å². The smallest absolute Gasteiger partial charge is 0.233 e. The van der Waals surface area contributed by atoms with Gasteiger partial charge in [-0.2, -0.15) is 0 Å². The van der Waals surface area contributed by atoms with Crippen LogP contribution in [-0.4, -0.2) is 23.9 Å². The minimum absolute atomic E-state index is 0.235. The van der Waals surface area contributed by atoms with E-state index in [-0.39, 0.29) is 11.3 Å². The summed E-state index contributed by atoms with van der Waals surface area (Å²) in [6.07, 6.45) is 4.64. The summed E-state index contributed by atoms with van der Waals surface area (Å²) >= 11 is 0. The van der Waals surface area contributed by atoms with E-state index in [2.05, 4.69) is 13.5 Å². The third kappa shape index (κ3) is 2.65. The van der Waals surface area contributed by atoms with E-state index in [1.807, 2.05) is 29.2 Å². The molecule has 0 aromatic heterocycles. The molecule has 0 saturated heterocycles. The number of carbonyl (C=O) groups is 1. The lowest BCUT2D eigenvalue weighted by Gasteiger charge is -2.26. The normalized spacial score (nSPS) is 15.8. The molecule has 19 heavy (non-hydrogen) atoms. The molecule has 0 bridgehead atoms. The Morgan fingerprint density at radius 3 is 2.53 bits per heavy atom. The quantitative estimate of drug-likeness (QED) is 0.630. The second kappa shape index (κ2) is 5.47. The summed E-state index contributed by atoms with van der Waals surface area (Å²) in [5.74, 6) is 0.235. The van der Waals surface area contributed by atoms with Gasteiger partial charge in [-0.1, -0.05) is 25.1 Å².